The highest BCUT2D eigenvalue weighted by atomic mass is 16.5. The normalized spacial score (nSPS) is 18.2. The second-order valence-electron chi connectivity index (χ2n) is 6.51. The van der Waals surface area contributed by atoms with Gasteiger partial charge in [-0.25, -0.2) is 9.59 Å². The molecule has 3 amide bonds. The van der Waals surface area contributed by atoms with Crippen LogP contribution in [0, 0.1) is 0 Å². The molecule has 1 N–H and O–H groups in total. The SMILES string of the molecule is COC(=O)c1ccc(CN2C(=O)N/C(=C\c3ccc(N4CCCC4)o3)C2=O)o1. The lowest BCUT2D eigenvalue weighted by Crippen LogP contribution is -2.30. The summed E-state index contributed by atoms with van der Waals surface area (Å²) in [5, 5.41) is 2.53. The van der Waals surface area contributed by atoms with Crippen LogP contribution >= 0.6 is 0 Å². The molecule has 0 bridgehead atoms. The summed E-state index contributed by atoms with van der Waals surface area (Å²) in [5.74, 6) is 0.405. The first-order valence-corrected chi connectivity index (χ1v) is 8.91. The monoisotopic (exact) mass is 385 g/mol. The lowest BCUT2D eigenvalue weighted by Gasteiger charge is -2.12. The second kappa shape index (κ2) is 7.26. The molecule has 4 rings (SSSR count). The molecule has 0 aromatic carbocycles. The van der Waals surface area contributed by atoms with Gasteiger partial charge in [-0.05, 0) is 31.0 Å². The number of hydrogen-bond donors (Lipinski definition) is 1. The van der Waals surface area contributed by atoms with E-state index in [4.69, 9.17) is 8.83 Å². The predicted molar refractivity (Wildman–Crippen MR) is 97.3 cm³/mol. The number of nitrogens with one attached hydrogen (secondary N) is 1. The van der Waals surface area contributed by atoms with E-state index < -0.39 is 17.9 Å². The van der Waals surface area contributed by atoms with Crippen LogP contribution in [-0.4, -0.2) is 43.0 Å². The van der Waals surface area contributed by atoms with Crippen LogP contribution in [0.2, 0.25) is 0 Å². The zero-order valence-corrected chi connectivity index (χ0v) is 15.3. The Balaban J connectivity index is 1.47. The molecule has 28 heavy (non-hydrogen) atoms. The van der Waals surface area contributed by atoms with Crippen molar-refractivity contribution in [3.63, 3.8) is 0 Å². The van der Waals surface area contributed by atoms with Gasteiger partial charge in [-0.1, -0.05) is 0 Å². The molecule has 0 radical (unpaired) electrons. The average Bonchev–Trinajstić information content (AvgIpc) is 3.47. The molecule has 0 aliphatic carbocycles. The van der Waals surface area contributed by atoms with Gasteiger partial charge in [-0.3, -0.25) is 9.69 Å². The Morgan fingerprint density at radius 1 is 1.18 bits per heavy atom. The van der Waals surface area contributed by atoms with Crippen LogP contribution in [0.3, 0.4) is 0 Å². The number of carbonyl (C=O) groups excluding carboxylic acids is 3. The van der Waals surface area contributed by atoms with Crippen molar-refractivity contribution in [3.05, 3.63) is 47.2 Å². The molecule has 9 heteroatoms. The first-order valence-electron chi connectivity index (χ1n) is 8.91. The Morgan fingerprint density at radius 3 is 2.71 bits per heavy atom. The third-order valence-electron chi connectivity index (χ3n) is 4.64. The van der Waals surface area contributed by atoms with Crippen molar-refractivity contribution in [1.29, 1.82) is 0 Å². The van der Waals surface area contributed by atoms with Gasteiger partial charge >= 0.3 is 12.0 Å². The second-order valence-corrected chi connectivity index (χ2v) is 6.51. The number of amides is 3. The van der Waals surface area contributed by atoms with Crippen LogP contribution in [0.25, 0.3) is 6.08 Å². The van der Waals surface area contributed by atoms with Crippen molar-refractivity contribution in [1.82, 2.24) is 10.2 Å². The maximum absolute atomic E-state index is 12.6. The van der Waals surface area contributed by atoms with Crippen molar-refractivity contribution in [2.45, 2.75) is 19.4 Å². The van der Waals surface area contributed by atoms with Crippen molar-refractivity contribution in [2.24, 2.45) is 0 Å². The summed E-state index contributed by atoms with van der Waals surface area (Å²) < 4.78 is 15.7. The van der Waals surface area contributed by atoms with E-state index >= 15 is 0 Å². The summed E-state index contributed by atoms with van der Waals surface area (Å²) in [6.07, 6.45) is 3.76. The molecular weight excluding hydrogens is 366 g/mol. The highest BCUT2D eigenvalue weighted by Crippen LogP contribution is 2.25. The summed E-state index contributed by atoms with van der Waals surface area (Å²) in [7, 11) is 1.24. The average molecular weight is 385 g/mol. The molecule has 2 saturated heterocycles. The first kappa shape index (κ1) is 17.9. The highest BCUT2D eigenvalue weighted by molar-refractivity contribution is 6.13. The molecule has 2 aliphatic heterocycles. The summed E-state index contributed by atoms with van der Waals surface area (Å²) in [5.41, 5.74) is 0.118. The topological polar surface area (TPSA) is 105 Å². The fraction of sp³-hybridized carbons (Fsp3) is 0.316. The van der Waals surface area contributed by atoms with E-state index in [9.17, 15) is 14.4 Å². The Kier molecular flexibility index (Phi) is 4.64. The largest absolute Gasteiger partial charge is 0.463 e. The molecule has 2 aliphatic rings. The number of urea groups is 1. The third kappa shape index (κ3) is 3.38. The lowest BCUT2D eigenvalue weighted by molar-refractivity contribution is -0.123. The van der Waals surface area contributed by atoms with Crippen LogP contribution in [0.15, 0.2) is 38.8 Å². The number of methoxy groups -OCH3 is 1. The minimum absolute atomic E-state index is 0.00495. The molecule has 2 aromatic rings. The van der Waals surface area contributed by atoms with E-state index in [1.54, 1.807) is 6.07 Å². The number of ether oxygens (including phenoxy) is 1. The van der Waals surface area contributed by atoms with Gasteiger partial charge < -0.3 is 23.8 Å². The molecule has 4 heterocycles. The van der Waals surface area contributed by atoms with E-state index in [-0.39, 0.29) is 18.0 Å². The van der Waals surface area contributed by atoms with Crippen LogP contribution in [0.4, 0.5) is 10.7 Å². The molecule has 0 spiro atoms. The number of hydrogen-bond acceptors (Lipinski definition) is 7. The first-order chi connectivity index (χ1) is 13.5. The molecular formula is C19H19N3O6. The number of nitrogens with zero attached hydrogens (tertiary/aromatic N) is 2. The molecule has 2 aromatic heterocycles. The molecule has 146 valence electrons. The maximum atomic E-state index is 12.6. The molecule has 0 unspecified atom stereocenters. The zero-order valence-electron chi connectivity index (χ0n) is 15.3. The van der Waals surface area contributed by atoms with Crippen molar-refractivity contribution in [3.8, 4) is 0 Å². The minimum atomic E-state index is -0.629. The van der Waals surface area contributed by atoms with Crippen molar-refractivity contribution < 1.29 is 28.0 Å². The van der Waals surface area contributed by atoms with Gasteiger partial charge in [0.05, 0.1) is 13.7 Å². The van der Waals surface area contributed by atoms with E-state index in [2.05, 4.69) is 15.0 Å². The summed E-state index contributed by atoms with van der Waals surface area (Å²) in [4.78, 5) is 39.3. The Morgan fingerprint density at radius 2 is 1.96 bits per heavy atom. The fourth-order valence-electron chi connectivity index (χ4n) is 3.21. The van der Waals surface area contributed by atoms with Gasteiger partial charge in [0, 0.05) is 25.2 Å². The van der Waals surface area contributed by atoms with E-state index in [0.717, 1.165) is 36.7 Å². The zero-order chi connectivity index (χ0) is 19.7. The number of esters is 1. The van der Waals surface area contributed by atoms with Crippen LogP contribution in [0.1, 0.15) is 34.9 Å². The Hall–Kier alpha value is -3.49. The van der Waals surface area contributed by atoms with E-state index in [1.807, 2.05) is 6.07 Å². The number of rotatable bonds is 5. The van der Waals surface area contributed by atoms with Gasteiger partial charge in [-0.2, -0.15) is 0 Å². The number of anilines is 1. The van der Waals surface area contributed by atoms with Crippen LogP contribution in [-0.2, 0) is 16.1 Å². The summed E-state index contributed by atoms with van der Waals surface area (Å²) in [6, 6.07) is 5.99. The fourth-order valence-corrected chi connectivity index (χ4v) is 3.21. The van der Waals surface area contributed by atoms with Gasteiger partial charge in [-0.15, -0.1) is 0 Å². The Bertz CT molecular complexity index is 951. The summed E-state index contributed by atoms with van der Waals surface area (Å²) in [6.45, 7) is 1.80. The van der Waals surface area contributed by atoms with Crippen molar-refractivity contribution in [2.75, 3.05) is 25.1 Å². The quantitative estimate of drug-likeness (QED) is 0.478. The van der Waals surface area contributed by atoms with Crippen LogP contribution in [0.5, 0.6) is 0 Å². The van der Waals surface area contributed by atoms with E-state index in [0.29, 0.717) is 11.5 Å². The smallest absolute Gasteiger partial charge is 0.373 e. The molecule has 0 saturated carbocycles. The molecule has 2 fully saturated rings. The number of carbonyl (C=O) groups is 3. The van der Waals surface area contributed by atoms with Gasteiger partial charge in [0.25, 0.3) is 5.91 Å². The van der Waals surface area contributed by atoms with Crippen molar-refractivity contribution >= 4 is 29.9 Å². The number of furan rings is 2. The number of imide groups is 1. The predicted octanol–water partition coefficient (Wildman–Crippen LogP) is 2.35. The van der Waals surface area contributed by atoms with Gasteiger partial charge in [0.2, 0.25) is 5.76 Å². The standard InChI is InChI=1S/C19H19N3O6/c1-26-18(24)15-6-4-13(27-15)11-22-17(23)14(20-19(22)25)10-12-5-7-16(28-12)21-8-2-3-9-21/h4-7,10H,2-3,8-9,11H2,1H3,(H,20,25)/b14-10-. The lowest BCUT2D eigenvalue weighted by atomic mass is 10.3. The van der Waals surface area contributed by atoms with Gasteiger partial charge in [0.1, 0.15) is 17.2 Å². The van der Waals surface area contributed by atoms with Gasteiger partial charge in [0.15, 0.2) is 5.88 Å². The molecule has 9 nitrogen and oxygen atoms in total. The molecule has 0 atom stereocenters. The van der Waals surface area contributed by atoms with Crippen LogP contribution < -0.4 is 10.2 Å². The maximum Gasteiger partial charge on any atom is 0.373 e. The van der Waals surface area contributed by atoms with E-state index in [1.165, 1.54) is 25.3 Å². The highest BCUT2D eigenvalue weighted by Gasteiger charge is 2.34. The summed E-state index contributed by atoms with van der Waals surface area (Å²) >= 11 is 0. The Labute approximate surface area is 160 Å². The third-order valence-corrected chi connectivity index (χ3v) is 4.64. The minimum Gasteiger partial charge on any atom is -0.463 e.